The molecule has 0 radical (unpaired) electrons. The van der Waals surface area contributed by atoms with Crippen LogP contribution in [0.3, 0.4) is 0 Å². The van der Waals surface area contributed by atoms with Crippen molar-refractivity contribution in [1.29, 1.82) is 0 Å². The Morgan fingerprint density at radius 2 is 2.08 bits per heavy atom. The zero-order valence-corrected chi connectivity index (χ0v) is 13.1. The van der Waals surface area contributed by atoms with Gasteiger partial charge in [0.25, 0.3) is 0 Å². The van der Waals surface area contributed by atoms with Crippen LogP contribution in [0.2, 0.25) is 0 Å². The van der Waals surface area contributed by atoms with Crippen LogP contribution in [0, 0.1) is 17.6 Å². The number of nitrogens with one attached hydrogen (secondary N) is 1. The molecule has 1 aliphatic carbocycles. The summed E-state index contributed by atoms with van der Waals surface area (Å²) in [5.41, 5.74) is 0.966. The zero-order valence-electron chi connectivity index (χ0n) is 13.1. The quantitative estimate of drug-likeness (QED) is 0.884. The lowest BCUT2D eigenvalue weighted by Crippen LogP contribution is -2.24. The van der Waals surface area contributed by atoms with Crippen LogP contribution >= 0.6 is 0 Å². The van der Waals surface area contributed by atoms with E-state index in [1.165, 1.54) is 13.2 Å². The fourth-order valence-electron chi connectivity index (χ4n) is 2.79. The second kappa shape index (κ2) is 6.47. The first kappa shape index (κ1) is 16.2. The molecule has 0 unspecified atom stereocenters. The largest absolute Gasteiger partial charge is 0.504 e. The van der Waals surface area contributed by atoms with Gasteiger partial charge in [0.1, 0.15) is 11.6 Å². The van der Waals surface area contributed by atoms with E-state index in [2.05, 4.69) is 5.32 Å². The third-order valence-corrected chi connectivity index (χ3v) is 4.19. The van der Waals surface area contributed by atoms with Gasteiger partial charge in [0.05, 0.1) is 7.11 Å². The molecule has 0 aromatic heterocycles. The Bertz CT molecular complexity index is 779. The molecular weight excluding hydrogens is 316 g/mol. The summed E-state index contributed by atoms with van der Waals surface area (Å²) in [6, 6.07) is 8.14. The molecule has 2 N–H and O–H groups in total. The number of halogens is 2. The summed E-state index contributed by atoms with van der Waals surface area (Å²) in [7, 11) is 1.45. The number of hydrogen-bond donors (Lipinski definition) is 2. The molecule has 2 atom stereocenters. The number of benzene rings is 2. The summed E-state index contributed by atoms with van der Waals surface area (Å²) in [6.07, 6.45) is 0.500. The fraction of sp³-hybridized carbons (Fsp3) is 0.278. The van der Waals surface area contributed by atoms with E-state index in [1.807, 2.05) is 0 Å². The summed E-state index contributed by atoms with van der Waals surface area (Å²) in [4.78, 5) is 12.2. The topological polar surface area (TPSA) is 58.6 Å². The van der Waals surface area contributed by atoms with Crippen LogP contribution < -0.4 is 10.1 Å². The second-order valence-corrected chi connectivity index (χ2v) is 5.84. The van der Waals surface area contributed by atoms with Gasteiger partial charge in [-0.05, 0) is 53.8 Å². The highest BCUT2D eigenvalue weighted by atomic mass is 19.1. The predicted molar refractivity (Wildman–Crippen MR) is 83.7 cm³/mol. The van der Waals surface area contributed by atoms with E-state index in [1.54, 1.807) is 12.1 Å². The van der Waals surface area contributed by atoms with Crippen molar-refractivity contribution in [3.8, 4) is 11.5 Å². The number of methoxy groups -OCH3 is 1. The molecule has 4 nitrogen and oxygen atoms in total. The molecular formula is C18H17F2NO3. The first-order valence-corrected chi connectivity index (χ1v) is 7.58. The van der Waals surface area contributed by atoms with Crippen molar-refractivity contribution in [2.24, 2.45) is 5.92 Å². The fourth-order valence-corrected chi connectivity index (χ4v) is 2.79. The summed E-state index contributed by atoms with van der Waals surface area (Å²) in [5, 5.41) is 12.5. The Balaban J connectivity index is 1.59. The molecule has 0 saturated heterocycles. The second-order valence-electron chi connectivity index (χ2n) is 5.84. The summed E-state index contributed by atoms with van der Waals surface area (Å²) in [6.45, 7) is 0.241. The van der Waals surface area contributed by atoms with Gasteiger partial charge in [0, 0.05) is 12.5 Å². The number of amides is 1. The Kier molecular flexibility index (Phi) is 4.38. The Morgan fingerprint density at radius 1 is 1.29 bits per heavy atom. The Morgan fingerprint density at radius 3 is 2.79 bits per heavy atom. The highest BCUT2D eigenvalue weighted by molar-refractivity contribution is 5.82. The van der Waals surface area contributed by atoms with Crippen LogP contribution in [-0.2, 0) is 11.3 Å². The third-order valence-electron chi connectivity index (χ3n) is 4.19. The monoisotopic (exact) mass is 333 g/mol. The van der Waals surface area contributed by atoms with Crippen LogP contribution in [0.15, 0.2) is 36.4 Å². The average Bonchev–Trinajstić information content (AvgIpc) is 3.35. The van der Waals surface area contributed by atoms with Gasteiger partial charge >= 0.3 is 0 Å². The maximum Gasteiger partial charge on any atom is 0.224 e. The van der Waals surface area contributed by atoms with Gasteiger partial charge in [-0.15, -0.1) is 0 Å². The van der Waals surface area contributed by atoms with Crippen LogP contribution in [0.25, 0.3) is 0 Å². The first-order chi connectivity index (χ1) is 11.5. The number of phenols is 1. The molecule has 24 heavy (non-hydrogen) atoms. The normalized spacial score (nSPS) is 19.0. The molecule has 1 fully saturated rings. The third kappa shape index (κ3) is 3.32. The summed E-state index contributed by atoms with van der Waals surface area (Å²) >= 11 is 0. The van der Waals surface area contributed by atoms with Crippen molar-refractivity contribution in [3.63, 3.8) is 0 Å². The van der Waals surface area contributed by atoms with Gasteiger partial charge in [0.15, 0.2) is 11.5 Å². The zero-order chi connectivity index (χ0) is 17.3. The average molecular weight is 333 g/mol. The van der Waals surface area contributed by atoms with E-state index >= 15 is 0 Å². The highest BCUT2D eigenvalue weighted by Crippen LogP contribution is 2.48. The lowest BCUT2D eigenvalue weighted by Gasteiger charge is -2.08. The van der Waals surface area contributed by atoms with Gasteiger partial charge in [-0.1, -0.05) is 6.07 Å². The van der Waals surface area contributed by atoms with Gasteiger partial charge in [0.2, 0.25) is 5.91 Å². The number of ether oxygens (including phenoxy) is 1. The van der Waals surface area contributed by atoms with Crippen LogP contribution in [0.4, 0.5) is 8.78 Å². The molecule has 6 heteroatoms. The number of hydrogen-bond acceptors (Lipinski definition) is 3. The molecule has 1 amide bonds. The van der Waals surface area contributed by atoms with E-state index in [-0.39, 0.29) is 35.6 Å². The molecule has 1 aliphatic rings. The van der Waals surface area contributed by atoms with Crippen molar-refractivity contribution in [2.75, 3.05) is 7.11 Å². The van der Waals surface area contributed by atoms with Crippen molar-refractivity contribution in [2.45, 2.75) is 18.9 Å². The molecule has 126 valence electrons. The minimum Gasteiger partial charge on any atom is -0.504 e. The van der Waals surface area contributed by atoms with Crippen LogP contribution in [0.5, 0.6) is 11.5 Å². The number of carbonyl (C=O) groups is 1. The minimum absolute atomic E-state index is 0.00428. The first-order valence-electron chi connectivity index (χ1n) is 7.58. The molecule has 2 aromatic carbocycles. The Hall–Kier alpha value is -2.63. The van der Waals surface area contributed by atoms with Gasteiger partial charge in [-0.3, -0.25) is 4.79 Å². The van der Waals surface area contributed by atoms with Crippen molar-refractivity contribution in [1.82, 2.24) is 5.32 Å². The summed E-state index contributed by atoms with van der Waals surface area (Å²) in [5.74, 6) is -1.50. The van der Waals surface area contributed by atoms with Crippen molar-refractivity contribution in [3.05, 3.63) is 59.2 Å². The van der Waals surface area contributed by atoms with Crippen LogP contribution in [-0.4, -0.2) is 18.1 Å². The summed E-state index contributed by atoms with van der Waals surface area (Å²) < 4.78 is 31.9. The molecule has 1 saturated carbocycles. The molecule has 0 aliphatic heterocycles. The molecule has 0 bridgehead atoms. The van der Waals surface area contributed by atoms with E-state index in [9.17, 15) is 18.7 Å². The highest BCUT2D eigenvalue weighted by Gasteiger charge is 2.45. The van der Waals surface area contributed by atoms with Gasteiger partial charge in [-0.25, -0.2) is 8.78 Å². The van der Waals surface area contributed by atoms with E-state index in [0.717, 1.165) is 23.8 Å². The molecule has 0 spiro atoms. The van der Waals surface area contributed by atoms with Gasteiger partial charge in [-0.2, -0.15) is 0 Å². The number of rotatable bonds is 5. The number of phenolic OH excluding ortho intramolecular Hbond substituents is 1. The SMILES string of the molecule is COc1ccc(CNC(=O)[C@@H]2C[C@H]2c2cc(F)ccc2F)cc1O. The molecule has 3 rings (SSSR count). The standard InChI is InChI=1S/C18H17F2NO3/c1-24-17-5-2-10(6-16(17)22)9-21-18(23)14-8-12(14)13-7-11(19)3-4-15(13)20/h2-7,12,14,22H,8-9H2,1H3,(H,21,23)/t12-,14+/m0/s1. The lowest BCUT2D eigenvalue weighted by molar-refractivity contribution is -0.122. The minimum atomic E-state index is -0.508. The van der Waals surface area contributed by atoms with Crippen molar-refractivity contribution >= 4 is 5.91 Å². The Labute approximate surface area is 138 Å². The molecule has 2 aromatic rings. The maximum atomic E-state index is 13.7. The van der Waals surface area contributed by atoms with Gasteiger partial charge < -0.3 is 15.2 Å². The van der Waals surface area contributed by atoms with E-state index < -0.39 is 11.6 Å². The van der Waals surface area contributed by atoms with E-state index in [0.29, 0.717) is 12.2 Å². The smallest absolute Gasteiger partial charge is 0.224 e. The lowest BCUT2D eigenvalue weighted by atomic mass is 10.1. The van der Waals surface area contributed by atoms with Crippen LogP contribution in [0.1, 0.15) is 23.5 Å². The maximum absolute atomic E-state index is 13.7. The van der Waals surface area contributed by atoms with Crippen molar-refractivity contribution < 1.29 is 23.4 Å². The molecule has 0 heterocycles. The number of aromatic hydroxyl groups is 1. The number of carbonyl (C=O) groups excluding carboxylic acids is 1. The van der Waals surface area contributed by atoms with E-state index in [4.69, 9.17) is 4.74 Å². The predicted octanol–water partition coefficient (Wildman–Crippen LogP) is 3.10.